The summed E-state index contributed by atoms with van der Waals surface area (Å²) in [6.07, 6.45) is 3.95. The van der Waals surface area contributed by atoms with Gasteiger partial charge in [0.2, 0.25) is 0 Å². The van der Waals surface area contributed by atoms with Crippen LogP contribution in [-0.2, 0) is 6.54 Å². The van der Waals surface area contributed by atoms with Gasteiger partial charge in [-0.1, -0.05) is 12.5 Å². The van der Waals surface area contributed by atoms with Crippen LogP contribution in [0.1, 0.15) is 24.8 Å². The number of likely N-dealkylation sites (tertiary alicyclic amines) is 1. The fourth-order valence-corrected chi connectivity index (χ4v) is 3.18. The van der Waals surface area contributed by atoms with Crippen LogP contribution >= 0.6 is 0 Å². The summed E-state index contributed by atoms with van der Waals surface area (Å²) in [4.78, 5) is 4.64. The van der Waals surface area contributed by atoms with E-state index in [9.17, 15) is 4.39 Å². The second-order valence-electron chi connectivity index (χ2n) is 5.86. The SMILES string of the molecule is Fc1ccc(CN2CCCCC2)cc1N1CCNCC1. The number of nitrogens with zero attached hydrogens (tertiary/aromatic N) is 2. The number of rotatable bonds is 3. The maximum atomic E-state index is 14.1. The van der Waals surface area contributed by atoms with Crippen LogP contribution in [0.5, 0.6) is 0 Å². The Morgan fingerprint density at radius 1 is 1.00 bits per heavy atom. The summed E-state index contributed by atoms with van der Waals surface area (Å²) in [5, 5.41) is 3.31. The molecule has 2 saturated heterocycles. The molecule has 2 fully saturated rings. The molecule has 3 rings (SSSR count). The zero-order valence-electron chi connectivity index (χ0n) is 12.1. The van der Waals surface area contributed by atoms with E-state index in [1.165, 1.54) is 37.9 Å². The standard InChI is InChI=1S/C16H24FN3/c17-15-5-4-14(13-19-8-2-1-3-9-19)12-16(15)20-10-6-18-7-11-20/h4-5,12,18H,1-3,6-11,13H2. The Bertz CT molecular complexity index is 437. The minimum atomic E-state index is -0.0886. The quantitative estimate of drug-likeness (QED) is 0.914. The van der Waals surface area contributed by atoms with E-state index in [1.807, 2.05) is 6.07 Å². The molecular formula is C16H24FN3. The molecule has 1 aromatic rings. The Hall–Kier alpha value is -1.13. The molecule has 0 saturated carbocycles. The lowest BCUT2D eigenvalue weighted by atomic mass is 10.1. The van der Waals surface area contributed by atoms with Crippen molar-refractivity contribution < 1.29 is 4.39 Å². The number of hydrogen-bond acceptors (Lipinski definition) is 3. The lowest BCUT2D eigenvalue weighted by Crippen LogP contribution is -2.44. The molecule has 3 nitrogen and oxygen atoms in total. The van der Waals surface area contributed by atoms with Crippen molar-refractivity contribution in [1.29, 1.82) is 0 Å². The molecular weight excluding hydrogens is 253 g/mol. The summed E-state index contributed by atoms with van der Waals surface area (Å²) >= 11 is 0. The Labute approximate surface area is 120 Å². The number of piperidine rings is 1. The van der Waals surface area contributed by atoms with Crippen molar-refractivity contribution in [1.82, 2.24) is 10.2 Å². The van der Waals surface area contributed by atoms with Crippen molar-refractivity contribution in [3.8, 4) is 0 Å². The van der Waals surface area contributed by atoms with Gasteiger partial charge in [-0.2, -0.15) is 0 Å². The molecule has 0 aliphatic carbocycles. The third kappa shape index (κ3) is 3.30. The lowest BCUT2D eigenvalue weighted by molar-refractivity contribution is 0.221. The minimum absolute atomic E-state index is 0.0886. The Kier molecular flexibility index (Phi) is 4.53. The number of halogens is 1. The highest BCUT2D eigenvalue weighted by molar-refractivity contribution is 5.50. The van der Waals surface area contributed by atoms with Crippen LogP contribution in [0.25, 0.3) is 0 Å². The maximum absolute atomic E-state index is 14.1. The number of benzene rings is 1. The highest BCUT2D eigenvalue weighted by Gasteiger charge is 2.16. The van der Waals surface area contributed by atoms with Crippen LogP contribution in [0.4, 0.5) is 10.1 Å². The smallest absolute Gasteiger partial charge is 0.146 e. The predicted molar refractivity (Wildman–Crippen MR) is 80.6 cm³/mol. The Morgan fingerprint density at radius 3 is 2.50 bits per heavy atom. The van der Waals surface area contributed by atoms with Crippen LogP contribution in [0.2, 0.25) is 0 Å². The molecule has 110 valence electrons. The number of anilines is 1. The van der Waals surface area contributed by atoms with Crippen LogP contribution in [0.3, 0.4) is 0 Å². The van der Waals surface area contributed by atoms with E-state index in [-0.39, 0.29) is 5.82 Å². The molecule has 0 spiro atoms. The van der Waals surface area contributed by atoms with E-state index >= 15 is 0 Å². The van der Waals surface area contributed by atoms with Crippen LogP contribution < -0.4 is 10.2 Å². The molecule has 0 bridgehead atoms. The van der Waals surface area contributed by atoms with Gasteiger partial charge in [0.05, 0.1) is 5.69 Å². The van der Waals surface area contributed by atoms with E-state index in [0.717, 1.165) is 38.4 Å². The van der Waals surface area contributed by atoms with Gasteiger partial charge in [0.25, 0.3) is 0 Å². The van der Waals surface area contributed by atoms with Gasteiger partial charge in [-0.3, -0.25) is 4.90 Å². The fraction of sp³-hybridized carbons (Fsp3) is 0.625. The highest BCUT2D eigenvalue weighted by atomic mass is 19.1. The molecule has 1 N–H and O–H groups in total. The van der Waals surface area contributed by atoms with Gasteiger partial charge in [-0.05, 0) is 43.6 Å². The summed E-state index contributed by atoms with van der Waals surface area (Å²) in [7, 11) is 0. The number of piperazine rings is 1. The summed E-state index contributed by atoms with van der Waals surface area (Å²) in [5.74, 6) is -0.0886. The zero-order chi connectivity index (χ0) is 13.8. The van der Waals surface area contributed by atoms with Crippen LogP contribution in [0, 0.1) is 5.82 Å². The lowest BCUT2D eigenvalue weighted by Gasteiger charge is -2.31. The predicted octanol–water partition coefficient (Wildman–Crippen LogP) is 2.22. The summed E-state index contributed by atoms with van der Waals surface area (Å²) in [6, 6.07) is 5.63. The summed E-state index contributed by atoms with van der Waals surface area (Å²) in [5.41, 5.74) is 2.02. The van der Waals surface area contributed by atoms with Gasteiger partial charge in [0.15, 0.2) is 0 Å². The van der Waals surface area contributed by atoms with Gasteiger partial charge in [-0.25, -0.2) is 4.39 Å². The normalized spacial score (nSPS) is 21.1. The third-order valence-corrected chi connectivity index (χ3v) is 4.32. The molecule has 2 aliphatic rings. The molecule has 0 amide bonds. The first-order chi connectivity index (χ1) is 9.83. The van der Waals surface area contributed by atoms with Gasteiger partial charge in [0, 0.05) is 32.7 Å². The number of hydrogen-bond donors (Lipinski definition) is 1. The molecule has 2 heterocycles. The van der Waals surface area contributed by atoms with Gasteiger partial charge < -0.3 is 10.2 Å². The second kappa shape index (κ2) is 6.55. The van der Waals surface area contributed by atoms with E-state index in [0.29, 0.717) is 0 Å². The van der Waals surface area contributed by atoms with Crippen molar-refractivity contribution in [2.75, 3.05) is 44.2 Å². The highest BCUT2D eigenvalue weighted by Crippen LogP contribution is 2.23. The molecule has 0 atom stereocenters. The van der Waals surface area contributed by atoms with Gasteiger partial charge in [-0.15, -0.1) is 0 Å². The minimum Gasteiger partial charge on any atom is -0.367 e. The fourth-order valence-electron chi connectivity index (χ4n) is 3.18. The zero-order valence-corrected chi connectivity index (χ0v) is 12.1. The average molecular weight is 277 g/mol. The van der Waals surface area contributed by atoms with Gasteiger partial charge >= 0.3 is 0 Å². The van der Waals surface area contributed by atoms with Crippen molar-refractivity contribution in [3.63, 3.8) is 0 Å². The molecule has 4 heteroatoms. The summed E-state index contributed by atoms with van der Waals surface area (Å²) < 4.78 is 14.1. The maximum Gasteiger partial charge on any atom is 0.146 e. The molecule has 20 heavy (non-hydrogen) atoms. The molecule has 0 aromatic heterocycles. The molecule has 0 unspecified atom stereocenters. The third-order valence-electron chi connectivity index (χ3n) is 4.32. The average Bonchev–Trinajstić information content (AvgIpc) is 2.51. The number of nitrogens with one attached hydrogen (secondary N) is 1. The molecule has 2 aliphatic heterocycles. The first kappa shape index (κ1) is 13.8. The van der Waals surface area contributed by atoms with E-state index in [4.69, 9.17) is 0 Å². The summed E-state index contributed by atoms with van der Waals surface area (Å²) in [6.45, 7) is 6.99. The van der Waals surface area contributed by atoms with Crippen LogP contribution in [-0.4, -0.2) is 44.2 Å². The van der Waals surface area contributed by atoms with Crippen molar-refractivity contribution in [2.24, 2.45) is 0 Å². The topological polar surface area (TPSA) is 18.5 Å². The van der Waals surface area contributed by atoms with Crippen molar-refractivity contribution in [2.45, 2.75) is 25.8 Å². The molecule has 0 radical (unpaired) electrons. The molecule has 1 aromatic carbocycles. The van der Waals surface area contributed by atoms with Crippen molar-refractivity contribution >= 4 is 5.69 Å². The first-order valence-electron chi connectivity index (χ1n) is 7.79. The Balaban J connectivity index is 1.71. The van der Waals surface area contributed by atoms with E-state index < -0.39 is 0 Å². The Morgan fingerprint density at radius 2 is 1.75 bits per heavy atom. The second-order valence-corrected chi connectivity index (χ2v) is 5.86. The van der Waals surface area contributed by atoms with Gasteiger partial charge in [0.1, 0.15) is 5.82 Å². The van der Waals surface area contributed by atoms with Crippen molar-refractivity contribution in [3.05, 3.63) is 29.6 Å². The van der Waals surface area contributed by atoms with Crippen LogP contribution in [0.15, 0.2) is 18.2 Å². The monoisotopic (exact) mass is 277 g/mol. The van der Waals surface area contributed by atoms with E-state index in [2.05, 4.69) is 21.2 Å². The largest absolute Gasteiger partial charge is 0.367 e. The van der Waals surface area contributed by atoms with E-state index in [1.54, 1.807) is 6.07 Å². The first-order valence-corrected chi connectivity index (χ1v) is 7.79.